The van der Waals surface area contributed by atoms with Crippen LogP contribution in [-0.4, -0.2) is 27.6 Å². The quantitative estimate of drug-likeness (QED) is 0.786. The lowest BCUT2D eigenvalue weighted by Crippen LogP contribution is -2.25. The van der Waals surface area contributed by atoms with Crippen molar-refractivity contribution in [1.29, 1.82) is 0 Å². The molecule has 1 amide bonds. The maximum Gasteiger partial charge on any atom is 0.291 e. The first-order valence-electron chi connectivity index (χ1n) is 5.65. The van der Waals surface area contributed by atoms with Gasteiger partial charge >= 0.3 is 0 Å². The van der Waals surface area contributed by atoms with Gasteiger partial charge in [-0.1, -0.05) is 32.4 Å². The lowest BCUT2D eigenvalue weighted by Gasteiger charge is -2.12. The Morgan fingerprint density at radius 3 is 2.53 bits per heavy atom. The Balaban J connectivity index is 2.65. The monoisotopic (exact) mass is 236 g/mol. The van der Waals surface area contributed by atoms with Crippen LogP contribution in [0.25, 0.3) is 0 Å². The molecule has 0 aliphatic rings. The number of carbonyl (C=O) groups excluding carboxylic acids is 1. The molecule has 0 unspecified atom stereocenters. The summed E-state index contributed by atoms with van der Waals surface area (Å²) >= 11 is 0. The Morgan fingerprint density at radius 2 is 2.06 bits per heavy atom. The Morgan fingerprint density at radius 1 is 1.41 bits per heavy atom. The van der Waals surface area contributed by atoms with Gasteiger partial charge in [-0.3, -0.25) is 9.89 Å². The van der Waals surface area contributed by atoms with Crippen molar-refractivity contribution in [3.05, 3.63) is 23.3 Å². The zero-order chi connectivity index (χ0) is 13.1. The molecule has 0 saturated heterocycles. The summed E-state index contributed by atoms with van der Waals surface area (Å²) in [4.78, 5) is 15.9. The van der Waals surface area contributed by atoms with E-state index in [4.69, 9.17) is 0 Å². The van der Waals surface area contributed by atoms with E-state index in [-0.39, 0.29) is 17.1 Å². The molecule has 17 heavy (non-hydrogen) atoms. The predicted octanol–water partition coefficient (Wildman–Crippen LogP) is 1.80. The van der Waals surface area contributed by atoms with Gasteiger partial charge < -0.3 is 5.32 Å². The Labute approximate surface area is 102 Å². The maximum absolute atomic E-state index is 11.7. The van der Waals surface area contributed by atoms with Gasteiger partial charge in [0.15, 0.2) is 0 Å². The van der Waals surface area contributed by atoms with Crippen LogP contribution in [0, 0.1) is 0 Å². The normalized spacial score (nSPS) is 11.1. The van der Waals surface area contributed by atoms with E-state index >= 15 is 0 Å². The summed E-state index contributed by atoms with van der Waals surface area (Å²) in [6.07, 6.45) is 1.94. The molecule has 0 saturated carbocycles. The molecule has 5 heteroatoms. The fraction of sp³-hybridized carbons (Fsp3) is 0.583. The molecule has 0 radical (unpaired) electrons. The molecule has 0 spiro atoms. The van der Waals surface area contributed by atoms with Crippen LogP contribution in [0.2, 0.25) is 0 Å². The van der Waals surface area contributed by atoms with E-state index in [9.17, 15) is 4.79 Å². The topological polar surface area (TPSA) is 70.7 Å². The van der Waals surface area contributed by atoms with Crippen molar-refractivity contribution in [1.82, 2.24) is 20.5 Å². The van der Waals surface area contributed by atoms with Crippen molar-refractivity contribution >= 4 is 5.91 Å². The Hall–Kier alpha value is -1.65. The van der Waals surface area contributed by atoms with E-state index in [1.165, 1.54) is 0 Å². The fourth-order valence-electron chi connectivity index (χ4n) is 1.13. The number of carbonyl (C=O) groups is 1. The van der Waals surface area contributed by atoms with Gasteiger partial charge in [0, 0.05) is 12.0 Å². The number of nitrogens with zero attached hydrogens (tertiary/aromatic N) is 2. The summed E-state index contributed by atoms with van der Waals surface area (Å²) in [5.74, 6) is 0.649. The zero-order valence-electron chi connectivity index (χ0n) is 11.1. The number of nitrogens with one attached hydrogen (secondary N) is 2. The maximum atomic E-state index is 11.7. The van der Waals surface area contributed by atoms with E-state index in [0.717, 1.165) is 5.57 Å². The molecule has 0 aromatic carbocycles. The second-order valence-electron chi connectivity index (χ2n) is 5.25. The number of H-pyrrole nitrogens is 1. The van der Waals surface area contributed by atoms with E-state index in [1.807, 2.05) is 40.7 Å². The Bertz CT molecular complexity index is 422. The van der Waals surface area contributed by atoms with Crippen LogP contribution in [0.1, 0.15) is 51.1 Å². The molecule has 0 aliphatic heterocycles. The number of rotatable bonds is 3. The van der Waals surface area contributed by atoms with Crippen molar-refractivity contribution in [3.63, 3.8) is 0 Å². The lowest BCUT2D eigenvalue weighted by atomic mass is 9.96. The third-order valence-corrected chi connectivity index (χ3v) is 2.17. The summed E-state index contributed by atoms with van der Waals surface area (Å²) in [6.45, 7) is 10.5. The number of aromatic nitrogens is 3. The summed E-state index contributed by atoms with van der Waals surface area (Å²) in [5, 5.41) is 9.43. The second-order valence-corrected chi connectivity index (χ2v) is 5.25. The average molecular weight is 236 g/mol. The van der Waals surface area contributed by atoms with Crippen LogP contribution in [0.15, 0.2) is 11.6 Å². The number of aromatic amines is 1. The summed E-state index contributed by atoms with van der Waals surface area (Å²) in [5.41, 5.74) is 1.03. The standard InChI is InChI=1S/C12H20N4O/c1-8(2)6-7-13-10(17)9-14-11(16-15-9)12(3,4)5/h6H,7H2,1-5H3,(H,13,17)(H,14,15,16). The first-order valence-corrected chi connectivity index (χ1v) is 5.65. The van der Waals surface area contributed by atoms with Crippen LogP contribution in [0.5, 0.6) is 0 Å². The van der Waals surface area contributed by atoms with Gasteiger partial charge in [-0.05, 0) is 13.8 Å². The number of hydrogen-bond donors (Lipinski definition) is 2. The van der Waals surface area contributed by atoms with Crippen molar-refractivity contribution in [2.45, 2.75) is 40.0 Å². The highest BCUT2D eigenvalue weighted by Crippen LogP contribution is 2.17. The molecular formula is C12H20N4O. The number of allylic oxidation sites excluding steroid dienone is 1. The van der Waals surface area contributed by atoms with Gasteiger partial charge in [0.25, 0.3) is 5.91 Å². The minimum Gasteiger partial charge on any atom is -0.346 e. The van der Waals surface area contributed by atoms with Crippen molar-refractivity contribution < 1.29 is 4.79 Å². The van der Waals surface area contributed by atoms with Crippen LogP contribution in [-0.2, 0) is 5.41 Å². The minimum atomic E-state index is -0.255. The molecule has 1 aromatic heterocycles. The average Bonchev–Trinajstić information content (AvgIpc) is 2.64. The third kappa shape index (κ3) is 4.01. The highest BCUT2D eigenvalue weighted by Gasteiger charge is 2.20. The molecule has 2 N–H and O–H groups in total. The van der Waals surface area contributed by atoms with E-state index in [2.05, 4.69) is 20.5 Å². The van der Waals surface area contributed by atoms with E-state index in [1.54, 1.807) is 0 Å². The predicted molar refractivity (Wildman–Crippen MR) is 66.8 cm³/mol. The number of amides is 1. The lowest BCUT2D eigenvalue weighted by molar-refractivity contribution is 0.0948. The van der Waals surface area contributed by atoms with Crippen molar-refractivity contribution in [2.75, 3.05) is 6.54 Å². The van der Waals surface area contributed by atoms with E-state index in [0.29, 0.717) is 12.4 Å². The van der Waals surface area contributed by atoms with Gasteiger partial charge in [0.1, 0.15) is 5.82 Å². The summed E-state index contributed by atoms with van der Waals surface area (Å²) < 4.78 is 0. The summed E-state index contributed by atoms with van der Waals surface area (Å²) in [7, 11) is 0. The Kier molecular flexibility index (Phi) is 4.04. The molecule has 0 aliphatic carbocycles. The van der Waals surface area contributed by atoms with E-state index < -0.39 is 0 Å². The van der Waals surface area contributed by atoms with Gasteiger partial charge in [-0.15, -0.1) is 5.10 Å². The molecule has 1 heterocycles. The fourth-order valence-corrected chi connectivity index (χ4v) is 1.13. The van der Waals surface area contributed by atoms with Crippen LogP contribution < -0.4 is 5.32 Å². The number of hydrogen-bond acceptors (Lipinski definition) is 3. The molecule has 1 rings (SSSR count). The van der Waals surface area contributed by atoms with Gasteiger partial charge in [-0.25, -0.2) is 4.98 Å². The highest BCUT2D eigenvalue weighted by molar-refractivity contribution is 5.90. The SMILES string of the molecule is CC(C)=CCNC(=O)c1n[nH]c(C(C)(C)C)n1. The van der Waals surface area contributed by atoms with Gasteiger partial charge in [-0.2, -0.15) is 0 Å². The molecular weight excluding hydrogens is 216 g/mol. The van der Waals surface area contributed by atoms with Gasteiger partial charge in [0.05, 0.1) is 0 Å². The molecule has 5 nitrogen and oxygen atoms in total. The molecule has 0 bridgehead atoms. The first kappa shape index (κ1) is 13.4. The third-order valence-electron chi connectivity index (χ3n) is 2.17. The van der Waals surface area contributed by atoms with Gasteiger partial charge in [0.2, 0.25) is 5.82 Å². The minimum absolute atomic E-state index is 0.133. The van der Waals surface area contributed by atoms with Crippen LogP contribution >= 0.6 is 0 Å². The first-order chi connectivity index (χ1) is 7.80. The summed E-state index contributed by atoms with van der Waals surface area (Å²) in [6, 6.07) is 0. The van der Waals surface area contributed by atoms with Crippen LogP contribution in [0.3, 0.4) is 0 Å². The van der Waals surface area contributed by atoms with Crippen molar-refractivity contribution in [3.8, 4) is 0 Å². The highest BCUT2D eigenvalue weighted by atomic mass is 16.2. The smallest absolute Gasteiger partial charge is 0.291 e. The molecule has 1 aromatic rings. The zero-order valence-corrected chi connectivity index (χ0v) is 11.1. The van der Waals surface area contributed by atoms with Crippen molar-refractivity contribution in [2.24, 2.45) is 0 Å². The molecule has 94 valence electrons. The molecule has 0 fully saturated rings. The molecule has 0 atom stereocenters. The van der Waals surface area contributed by atoms with Crippen LogP contribution in [0.4, 0.5) is 0 Å². The second kappa shape index (κ2) is 5.12. The largest absolute Gasteiger partial charge is 0.346 e.